The number of sulfonamides is 1. The summed E-state index contributed by atoms with van der Waals surface area (Å²) in [6.45, 7) is 5.73. The lowest BCUT2D eigenvalue weighted by Gasteiger charge is -2.30. The van der Waals surface area contributed by atoms with Crippen LogP contribution in [0.3, 0.4) is 0 Å². The molecule has 0 saturated heterocycles. The van der Waals surface area contributed by atoms with Crippen molar-refractivity contribution in [3.63, 3.8) is 0 Å². The van der Waals surface area contributed by atoms with Crippen molar-refractivity contribution in [2.45, 2.75) is 44.6 Å². The first-order chi connectivity index (χ1) is 17.2. The van der Waals surface area contributed by atoms with Crippen molar-refractivity contribution in [1.29, 1.82) is 0 Å². The number of aryl methyl sites for hydroxylation is 1. The van der Waals surface area contributed by atoms with Crippen molar-refractivity contribution >= 4 is 33.6 Å². The van der Waals surface area contributed by atoms with E-state index in [1.54, 1.807) is 38.1 Å². The van der Waals surface area contributed by atoms with Crippen molar-refractivity contribution in [3.05, 3.63) is 53.6 Å². The summed E-state index contributed by atoms with van der Waals surface area (Å²) in [6, 6.07) is 9.86. The van der Waals surface area contributed by atoms with Crippen molar-refractivity contribution in [2.75, 3.05) is 30.7 Å². The second-order valence-electron chi connectivity index (χ2n) is 8.04. The van der Waals surface area contributed by atoms with E-state index in [0.717, 1.165) is 5.56 Å². The Morgan fingerprint density at radius 1 is 1.06 bits per heavy atom. The molecule has 0 saturated carbocycles. The van der Waals surface area contributed by atoms with Crippen LogP contribution < -0.4 is 14.4 Å². The number of fused-ring (bicyclic) bond motifs is 1. The second-order valence-corrected chi connectivity index (χ2v) is 9.91. The normalized spacial score (nSPS) is 13.7. The SMILES string of the molecule is CCOC(=O)CC[C@H](NC(=O)c1ccc2c(c1)OCCN2S(=O)(=O)c1ccc(C)cc1)C(=O)OCC. The molecule has 11 heteroatoms. The molecule has 36 heavy (non-hydrogen) atoms. The summed E-state index contributed by atoms with van der Waals surface area (Å²) >= 11 is 0. The Balaban J connectivity index is 1.80. The van der Waals surface area contributed by atoms with Crippen LogP contribution in [0.5, 0.6) is 5.75 Å². The molecule has 0 aromatic heterocycles. The first-order valence-corrected chi connectivity index (χ1v) is 13.1. The lowest BCUT2D eigenvalue weighted by atomic mass is 10.1. The molecule has 1 atom stereocenters. The van der Waals surface area contributed by atoms with Gasteiger partial charge in [0, 0.05) is 12.0 Å². The molecule has 1 aliphatic rings. The van der Waals surface area contributed by atoms with Crippen molar-refractivity contribution in [3.8, 4) is 5.75 Å². The minimum absolute atomic E-state index is 0.00736. The van der Waals surface area contributed by atoms with Gasteiger partial charge in [-0.2, -0.15) is 0 Å². The summed E-state index contributed by atoms with van der Waals surface area (Å²) in [7, 11) is -3.83. The van der Waals surface area contributed by atoms with Crippen LogP contribution in [0.15, 0.2) is 47.4 Å². The average molecular weight is 519 g/mol. The van der Waals surface area contributed by atoms with Crippen molar-refractivity contribution < 1.29 is 37.0 Å². The van der Waals surface area contributed by atoms with Gasteiger partial charge in [-0.25, -0.2) is 13.2 Å². The number of carbonyl (C=O) groups excluding carboxylic acids is 3. The van der Waals surface area contributed by atoms with E-state index < -0.39 is 33.9 Å². The molecule has 3 rings (SSSR count). The molecule has 1 heterocycles. The molecular formula is C25H30N2O8S. The molecule has 2 aromatic carbocycles. The predicted molar refractivity (Wildman–Crippen MR) is 131 cm³/mol. The number of nitrogens with zero attached hydrogens (tertiary/aromatic N) is 1. The minimum atomic E-state index is -3.83. The molecule has 0 spiro atoms. The molecule has 0 radical (unpaired) electrons. The minimum Gasteiger partial charge on any atom is -0.489 e. The highest BCUT2D eigenvalue weighted by molar-refractivity contribution is 7.92. The summed E-state index contributed by atoms with van der Waals surface area (Å²) < 4.78 is 43.3. The van der Waals surface area contributed by atoms with E-state index in [-0.39, 0.29) is 55.4 Å². The Hall–Kier alpha value is -3.60. The highest BCUT2D eigenvalue weighted by atomic mass is 32.2. The van der Waals surface area contributed by atoms with Gasteiger partial charge >= 0.3 is 11.9 Å². The van der Waals surface area contributed by atoms with E-state index in [4.69, 9.17) is 14.2 Å². The van der Waals surface area contributed by atoms with Crippen molar-refractivity contribution in [2.24, 2.45) is 0 Å². The molecule has 0 fully saturated rings. The van der Waals surface area contributed by atoms with Gasteiger partial charge in [-0.1, -0.05) is 17.7 Å². The van der Waals surface area contributed by atoms with E-state index >= 15 is 0 Å². The number of esters is 2. The van der Waals surface area contributed by atoms with Crippen LogP contribution in [0, 0.1) is 6.92 Å². The van der Waals surface area contributed by atoms with Gasteiger partial charge in [0.15, 0.2) is 0 Å². The van der Waals surface area contributed by atoms with Crippen molar-refractivity contribution in [1.82, 2.24) is 5.32 Å². The molecule has 10 nitrogen and oxygen atoms in total. The van der Waals surface area contributed by atoms with Crippen LogP contribution in [0.4, 0.5) is 5.69 Å². The van der Waals surface area contributed by atoms with E-state index in [2.05, 4.69) is 5.32 Å². The Morgan fingerprint density at radius 2 is 1.75 bits per heavy atom. The fourth-order valence-corrected chi connectivity index (χ4v) is 5.11. The summed E-state index contributed by atoms with van der Waals surface area (Å²) in [5.74, 6) is -1.52. The molecular weight excluding hydrogens is 488 g/mol. The second kappa shape index (κ2) is 11.9. The maximum atomic E-state index is 13.2. The number of amides is 1. The third-order valence-corrected chi connectivity index (χ3v) is 7.30. The van der Waals surface area contributed by atoms with Gasteiger partial charge in [0.2, 0.25) is 0 Å². The van der Waals surface area contributed by atoms with E-state index in [0.29, 0.717) is 5.69 Å². The number of benzene rings is 2. The van der Waals surface area contributed by atoms with E-state index in [1.165, 1.54) is 22.5 Å². The van der Waals surface area contributed by atoms with Gasteiger partial charge in [-0.15, -0.1) is 0 Å². The topological polar surface area (TPSA) is 128 Å². The summed E-state index contributed by atoms with van der Waals surface area (Å²) in [5.41, 5.74) is 1.41. The van der Waals surface area contributed by atoms with Crippen LogP contribution in [-0.4, -0.2) is 58.7 Å². The van der Waals surface area contributed by atoms with Gasteiger partial charge in [0.25, 0.3) is 15.9 Å². The smallest absolute Gasteiger partial charge is 0.328 e. The quantitative estimate of drug-likeness (QED) is 0.476. The van der Waals surface area contributed by atoms with E-state index in [9.17, 15) is 22.8 Å². The third-order valence-electron chi connectivity index (χ3n) is 5.47. The number of carbonyl (C=O) groups is 3. The number of ether oxygens (including phenoxy) is 3. The van der Waals surface area contributed by atoms with Crippen LogP contribution in [-0.2, 0) is 29.1 Å². The van der Waals surface area contributed by atoms with Gasteiger partial charge in [-0.05, 0) is 57.5 Å². The predicted octanol–water partition coefficient (Wildman–Crippen LogP) is 2.59. The molecule has 2 aromatic rings. The summed E-state index contributed by atoms with van der Waals surface area (Å²) in [5, 5.41) is 2.59. The highest BCUT2D eigenvalue weighted by Crippen LogP contribution is 2.36. The van der Waals surface area contributed by atoms with Crippen LogP contribution in [0.1, 0.15) is 42.6 Å². The van der Waals surface area contributed by atoms with Crippen LogP contribution >= 0.6 is 0 Å². The molecule has 0 unspecified atom stereocenters. The summed E-state index contributed by atoms with van der Waals surface area (Å²) in [6.07, 6.45) is -0.0653. The monoisotopic (exact) mass is 518 g/mol. The lowest BCUT2D eigenvalue weighted by molar-refractivity contribution is -0.146. The maximum Gasteiger partial charge on any atom is 0.328 e. The first-order valence-electron chi connectivity index (χ1n) is 11.7. The standard InChI is InChI=1S/C25H30N2O8S/c1-4-33-23(28)13-11-20(25(30)34-5-2)26-24(29)18-8-12-21-22(16-18)35-15-14-27(21)36(31,32)19-9-6-17(3)7-10-19/h6-10,12,16,20H,4-5,11,13-15H2,1-3H3,(H,26,29)/t20-/m0/s1. The first kappa shape index (κ1) is 27.0. The molecule has 0 bridgehead atoms. The number of hydrogen-bond acceptors (Lipinski definition) is 8. The zero-order valence-electron chi connectivity index (χ0n) is 20.5. The van der Waals surface area contributed by atoms with Crippen LogP contribution in [0.25, 0.3) is 0 Å². The number of rotatable bonds is 10. The lowest BCUT2D eigenvalue weighted by Crippen LogP contribution is -2.42. The average Bonchev–Trinajstić information content (AvgIpc) is 2.86. The number of anilines is 1. The number of hydrogen-bond donors (Lipinski definition) is 1. The Morgan fingerprint density at radius 3 is 2.42 bits per heavy atom. The molecule has 1 N–H and O–H groups in total. The largest absolute Gasteiger partial charge is 0.489 e. The van der Waals surface area contributed by atoms with Gasteiger partial charge in [0.1, 0.15) is 18.4 Å². The Kier molecular flexibility index (Phi) is 8.92. The molecule has 0 aliphatic carbocycles. The third kappa shape index (κ3) is 6.34. The van der Waals surface area contributed by atoms with Crippen LogP contribution in [0.2, 0.25) is 0 Å². The van der Waals surface area contributed by atoms with Gasteiger partial charge < -0.3 is 19.5 Å². The van der Waals surface area contributed by atoms with Gasteiger partial charge in [-0.3, -0.25) is 13.9 Å². The maximum absolute atomic E-state index is 13.2. The van der Waals surface area contributed by atoms with E-state index in [1.807, 2.05) is 6.92 Å². The fourth-order valence-electron chi connectivity index (χ4n) is 3.65. The number of nitrogens with one attached hydrogen (secondary N) is 1. The molecule has 1 amide bonds. The highest BCUT2D eigenvalue weighted by Gasteiger charge is 2.31. The molecule has 1 aliphatic heterocycles. The fraction of sp³-hybridized carbons (Fsp3) is 0.400. The zero-order valence-corrected chi connectivity index (χ0v) is 21.3. The zero-order chi connectivity index (χ0) is 26.3. The Labute approximate surface area is 210 Å². The van der Waals surface area contributed by atoms with Gasteiger partial charge in [0.05, 0.1) is 30.3 Å². The summed E-state index contributed by atoms with van der Waals surface area (Å²) in [4.78, 5) is 37.1. The Bertz CT molecular complexity index is 1210. The molecule has 194 valence electrons.